The fraction of sp³-hybridized carbons (Fsp3) is 0.500. The summed E-state index contributed by atoms with van der Waals surface area (Å²) in [5.41, 5.74) is 1.18. The van der Waals surface area contributed by atoms with Crippen LogP contribution in [0.2, 0.25) is 0 Å². The van der Waals surface area contributed by atoms with Gasteiger partial charge in [-0.2, -0.15) is 24.9 Å². The topological polar surface area (TPSA) is 156 Å². The Balaban J connectivity index is 0.000000229. The molecule has 1 atom stereocenters. The van der Waals surface area contributed by atoms with Gasteiger partial charge in [0.15, 0.2) is 0 Å². The lowest BCUT2D eigenvalue weighted by atomic mass is 9.78. The summed E-state index contributed by atoms with van der Waals surface area (Å²) in [6.07, 6.45) is 5.31. The first kappa shape index (κ1) is 48.6. The average Bonchev–Trinajstić information content (AvgIpc) is 3.47. The summed E-state index contributed by atoms with van der Waals surface area (Å²) in [6.45, 7) is 12.4. The van der Waals surface area contributed by atoms with Crippen LogP contribution in [-0.2, 0) is 23.5 Å². The Morgan fingerprint density at radius 3 is 1.51 bits per heavy atom. The van der Waals surface area contributed by atoms with Crippen LogP contribution in [0, 0.1) is 39.8 Å². The maximum atomic E-state index is 12.5. The van der Waals surface area contributed by atoms with E-state index in [1.165, 1.54) is 19.7 Å². The summed E-state index contributed by atoms with van der Waals surface area (Å²) in [5.74, 6) is 0.799. The van der Waals surface area contributed by atoms with E-state index in [9.17, 15) is 9.65 Å². The van der Waals surface area contributed by atoms with Crippen LogP contribution in [-0.4, -0.2) is 90.2 Å². The summed E-state index contributed by atoms with van der Waals surface area (Å²) in [6, 6.07) is 21.4. The zero-order chi connectivity index (χ0) is 44.1. The van der Waals surface area contributed by atoms with Crippen molar-refractivity contribution in [1.29, 1.82) is 17.1 Å². The number of nitriles is 3. The van der Waals surface area contributed by atoms with Crippen LogP contribution in [0.4, 0.5) is 4.39 Å². The van der Waals surface area contributed by atoms with Crippen molar-refractivity contribution in [2.75, 3.05) is 39.6 Å². The van der Waals surface area contributed by atoms with E-state index in [0.29, 0.717) is 40.3 Å². The molecule has 1 unspecified atom stereocenters. The number of nitrogens with zero attached hydrogens (tertiary/aromatic N) is 3. The number of halogens is 3. The Morgan fingerprint density at radius 2 is 1.10 bits per heavy atom. The minimum absolute atomic E-state index is 0.0642. The van der Waals surface area contributed by atoms with Crippen LogP contribution >= 0.6 is 41.0 Å². The predicted octanol–water partition coefficient (Wildman–Crippen LogP) is 7.59. The van der Waals surface area contributed by atoms with Crippen LogP contribution in [0.1, 0.15) is 82.9 Å². The molecule has 4 heterocycles. The van der Waals surface area contributed by atoms with Gasteiger partial charge in [0.2, 0.25) is 0 Å². The molecule has 4 fully saturated rings. The third-order valence-electron chi connectivity index (χ3n) is 9.88. The van der Waals surface area contributed by atoms with Crippen molar-refractivity contribution >= 4 is 61.1 Å². The van der Waals surface area contributed by atoms with Crippen LogP contribution in [0.3, 0.4) is 0 Å². The maximum absolute atomic E-state index is 12.5. The molecule has 0 amide bonds. The molecule has 17 heteroatoms. The van der Waals surface area contributed by atoms with Crippen molar-refractivity contribution in [1.82, 2.24) is 0 Å². The Hall–Kier alpha value is -3.06. The van der Waals surface area contributed by atoms with E-state index in [-0.39, 0.29) is 23.9 Å². The number of benzene rings is 3. The van der Waals surface area contributed by atoms with E-state index in [1.54, 1.807) is 24.3 Å². The molecular weight excluding hydrogens is 906 g/mol. The molecule has 0 aliphatic carbocycles. The zero-order valence-corrected chi connectivity index (χ0v) is 38.3. The van der Waals surface area contributed by atoms with Gasteiger partial charge in [-0.05, 0) is 95.9 Å². The van der Waals surface area contributed by atoms with E-state index in [4.69, 9.17) is 50.0 Å². The summed E-state index contributed by atoms with van der Waals surface area (Å²) in [5, 5.41) is 35.6. The van der Waals surface area contributed by atoms with Crippen LogP contribution in [0.25, 0.3) is 0 Å². The lowest BCUT2D eigenvalue weighted by Gasteiger charge is -2.32. The Labute approximate surface area is 370 Å². The highest BCUT2D eigenvalue weighted by molar-refractivity contribution is 9.10. The molecule has 4 aliphatic rings. The third-order valence-corrected chi connectivity index (χ3v) is 10.9. The minimum atomic E-state index is -0.481. The van der Waals surface area contributed by atoms with Crippen molar-refractivity contribution in [3.63, 3.8) is 0 Å². The second-order valence-electron chi connectivity index (χ2n) is 14.6. The molecule has 4 aliphatic heterocycles. The SMILES string of the molecule is CC1(C)OB(c2ccc(OC3CCOCC3)c(C#N)c2)OC1(C)C.N#Cc1cc(Br)ccc1F.N#Cc1cc(Br)ccc1OC1CCOCC1.OC1CCOCC1.[2H][B]P. The van der Waals surface area contributed by atoms with Gasteiger partial charge < -0.3 is 38.1 Å². The monoisotopic (exact) mass is 957 g/mol. The molecule has 59 heavy (non-hydrogen) atoms. The number of hydrogen-bond donors (Lipinski definition) is 1. The standard InChI is InChI=1S/C18H24BNO4.C12H12BrNO2.C7H3BrFN.C5H10O2.BH3P/c1-17(2)18(3,4)24-19(23-17)14-5-6-16(13(11-14)12-20)22-15-7-9-21-10-8-15;13-10-1-2-12(9(7-10)8-14)16-11-3-5-15-6-4-11;8-6-1-2-7(9)5(3-6)4-10;6-5-1-3-7-4-2-5;1-2/h5-6,11,15H,7-10H2,1-4H3;1-2,7,11H,3-6H2;1-3H;5-6H,1-4H2;1H,2H2/i;;;;1D. The van der Waals surface area contributed by atoms with E-state index < -0.39 is 24.1 Å². The molecule has 1 N–H and O–H groups in total. The lowest BCUT2D eigenvalue weighted by molar-refractivity contribution is 0.00578. The fourth-order valence-electron chi connectivity index (χ4n) is 5.77. The first-order valence-corrected chi connectivity index (χ1v) is 21.5. The quantitative estimate of drug-likeness (QED) is 0.199. The van der Waals surface area contributed by atoms with E-state index >= 15 is 0 Å². The third kappa shape index (κ3) is 16.4. The number of aliphatic hydroxyl groups excluding tert-OH is 1. The molecule has 1 radical (unpaired) electrons. The van der Waals surface area contributed by atoms with E-state index in [1.807, 2.05) is 52.0 Å². The van der Waals surface area contributed by atoms with Crippen molar-refractivity contribution in [3.8, 4) is 29.7 Å². The Bertz CT molecular complexity index is 1900. The fourth-order valence-corrected chi connectivity index (χ4v) is 6.49. The van der Waals surface area contributed by atoms with Gasteiger partial charge in [0.05, 0.1) is 60.4 Å². The largest absolute Gasteiger partial charge is 0.494 e. The number of aliphatic hydroxyl groups is 1. The van der Waals surface area contributed by atoms with E-state index in [2.05, 4.69) is 53.1 Å². The zero-order valence-electron chi connectivity index (χ0n) is 34.9. The van der Waals surface area contributed by atoms with Crippen LogP contribution in [0.15, 0.2) is 63.5 Å². The highest BCUT2D eigenvalue weighted by atomic mass is 79.9. The Morgan fingerprint density at radius 1 is 0.712 bits per heavy atom. The normalized spacial score (nSPS) is 18.7. The molecular formula is C42H52B2Br2FN3O8P. The molecule has 4 saturated heterocycles. The summed E-state index contributed by atoms with van der Waals surface area (Å²) < 4.78 is 59.7. The first-order chi connectivity index (χ1) is 28.7. The van der Waals surface area contributed by atoms with Gasteiger partial charge in [0.25, 0.3) is 0 Å². The molecule has 315 valence electrons. The summed E-state index contributed by atoms with van der Waals surface area (Å²) in [7, 11) is 2.81. The predicted molar refractivity (Wildman–Crippen MR) is 236 cm³/mol. The minimum Gasteiger partial charge on any atom is -0.489 e. The van der Waals surface area contributed by atoms with Crippen molar-refractivity contribution in [3.05, 3.63) is 86.1 Å². The lowest BCUT2D eigenvalue weighted by Crippen LogP contribution is -2.41. The molecule has 0 spiro atoms. The summed E-state index contributed by atoms with van der Waals surface area (Å²) >= 11 is 6.45. The molecule has 0 aromatic heterocycles. The van der Waals surface area contributed by atoms with Crippen molar-refractivity contribution in [2.24, 2.45) is 0 Å². The number of ether oxygens (including phenoxy) is 5. The molecule has 3 aromatic carbocycles. The van der Waals surface area contributed by atoms with Gasteiger partial charge in [-0.1, -0.05) is 37.9 Å². The second kappa shape index (κ2) is 25.7. The summed E-state index contributed by atoms with van der Waals surface area (Å²) in [4.78, 5) is 0. The van der Waals surface area contributed by atoms with Crippen LogP contribution < -0.4 is 14.9 Å². The van der Waals surface area contributed by atoms with Crippen molar-refractivity contribution in [2.45, 2.75) is 95.7 Å². The van der Waals surface area contributed by atoms with E-state index in [0.717, 1.165) is 74.9 Å². The molecule has 0 bridgehead atoms. The molecule has 0 saturated carbocycles. The van der Waals surface area contributed by atoms with Gasteiger partial charge >= 0.3 is 7.12 Å². The van der Waals surface area contributed by atoms with Gasteiger partial charge in [-0.15, -0.1) is 0 Å². The van der Waals surface area contributed by atoms with Crippen LogP contribution in [0.5, 0.6) is 11.5 Å². The van der Waals surface area contributed by atoms with Gasteiger partial charge in [0, 0.05) is 47.8 Å². The molecule has 3 aromatic rings. The number of hydrogen-bond acceptors (Lipinski definition) is 11. The van der Waals surface area contributed by atoms with Crippen molar-refractivity contribution < 1.29 is 42.5 Å². The Kier molecular flexibility index (Phi) is 21.1. The molecule has 7 rings (SSSR count). The second-order valence-corrected chi connectivity index (χ2v) is 16.5. The maximum Gasteiger partial charge on any atom is 0.494 e. The highest BCUT2D eigenvalue weighted by Crippen LogP contribution is 2.37. The highest BCUT2D eigenvalue weighted by Gasteiger charge is 2.51. The van der Waals surface area contributed by atoms with Gasteiger partial charge in [-0.25, -0.2) is 4.39 Å². The number of rotatable bonds is 5. The smallest absolute Gasteiger partial charge is 0.489 e. The average molecular weight is 959 g/mol. The molecule has 11 nitrogen and oxygen atoms in total. The first-order valence-electron chi connectivity index (χ1n) is 19.9. The van der Waals surface area contributed by atoms with Gasteiger partial charge in [0.1, 0.15) is 55.3 Å². The van der Waals surface area contributed by atoms with Gasteiger partial charge in [-0.3, -0.25) is 0 Å².